The molecule has 2 atom stereocenters. The largest absolute Gasteiger partial charge is 0.395 e. The van der Waals surface area contributed by atoms with Gasteiger partial charge in [0.05, 0.1) is 28.4 Å². The van der Waals surface area contributed by atoms with Gasteiger partial charge in [-0.05, 0) is 42.2 Å². The molecule has 0 spiro atoms. The van der Waals surface area contributed by atoms with E-state index >= 15 is 0 Å². The molecule has 0 aliphatic heterocycles. The van der Waals surface area contributed by atoms with Crippen LogP contribution in [-0.4, -0.2) is 50.3 Å². The van der Waals surface area contributed by atoms with Gasteiger partial charge in [0, 0.05) is 22.1 Å². The van der Waals surface area contributed by atoms with Crippen LogP contribution in [0.25, 0.3) is 5.57 Å². The molecule has 0 saturated heterocycles. The van der Waals surface area contributed by atoms with Crippen molar-refractivity contribution in [3.63, 3.8) is 0 Å². The summed E-state index contributed by atoms with van der Waals surface area (Å²) in [5, 5.41) is 12.4. The van der Waals surface area contributed by atoms with Crippen molar-refractivity contribution in [3.05, 3.63) is 81.9 Å². The highest BCUT2D eigenvalue weighted by atomic mass is 35.5. The van der Waals surface area contributed by atoms with Crippen molar-refractivity contribution in [1.29, 1.82) is 0 Å². The number of sulfone groups is 2. The van der Waals surface area contributed by atoms with Crippen LogP contribution in [0.4, 0.5) is 0 Å². The summed E-state index contributed by atoms with van der Waals surface area (Å²) in [7, 11) is -7.39. The summed E-state index contributed by atoms with van der Waals surface area (Å²) in [5.41, 5.74) is 1.55. The Morgan fingerprint density at radius 1 is 1.05 bits per heavy atom. The van der Waals surface area contributed by atoms with E-state index in [4.69, 9.17) is 23.2 Å². The van der Waals surface area contributed by atoms with Crippen LogP contribution in [-0.2, 0) is 24.5 Å². The maximum absolute atomic E-state index is 13.6. The van der Waals surface area contributed by atoms with Crippen LogP contribution in [0.5, 0.6) is 0 Å². The minimum atomic E-state index is -3.94. The number of aliphatic hydroxyl groups excluding tert-OH is 1. The second kappa shape index (κ2) is 10.5. The van der Waals surface area contributed by atoms with Crippen LogP contribution in [0.2, 0.25) is 0 Å². The molecule has 2 aromatic carbocycles. The molecular formula is C26H27Cl2NO6S2. The van der Waals surface area contributed by atoms with Gasteiger partial charge in [0.1, 0.15) is 0 Å². The summed E-state index contributed by atoms with van der Waals surface area (Å²) in [5.74, 6) is -1.97. The Hall–Kier alpha value is -2.17. The van der Waals surface area contributed by atoms with Crippen molar-refractivity contribution in [2.75, 3.05) is 12.4 Å². The Morgan fingerprint density at radius 3 is 2.19 bits per heavy atom. The minimum absolute atomic E-state index is 0.0792. The maximum Gasteiger partial charge on any atom is 0.231 e. The third-order valence-corrected chi connectivity index (χ3v) is 11.8. The molecule has 0 radical (unpaired) electrons. The van der Waals surface area contributed by atoms with Gasteiger partial charge in [0.2, 0.25) is 5.91 Å². The predicted molar refractivity (Wildman–Crippen MR) is 145 cm³/mol. The number of carbonyl (C=O) groups is 1. The lowest BCUT2D eigenvalue weighted by molar-refractivity contribution is -0.124. The third-order valence-electron chi connectivity index (χ3n) is 6.68. The smallest absolute Gasteiger partial charge is 0.231 e. The summed E-state index contributed by atoms with van der Waals surface area (Å²) in [6, 6.07) is 14.7. The van der Waals surface area contributed by atoms with E-state index in [0.29, 0.717) is 29.5 Å². The summed E-state index contributed by atoms with van der Waals surface area (Å²) in [4.78, 5) is 11.7. The molecule has 0 aromatic heterocycles. The van der Waals surface area contributed by atoms with Crippen LogP contribution in [0.15, 0.2) is 75.6 Å². The Kier molecular flexibility index (Phi) is 7.93. The number of nitrogens with one attached hydrogen (secondary N) is 1. The van der Waals surface area contributed by atoms with E-state index in [2.05, 4.69) is 5.32 Å². The molecule has 2 aliphatic rings. The molecule has 37 heavy (non-hydrogen) atoms. The van der Waals surface area contributed by atoms with Crippen molar-refractivity contribution < 1.29 is 26.7 Å². The molecule has 0 bridgehead atoms. The highest BCUT2D eigenvalue weighted by molar-refractivity contribution is 7.93. The monoisotopic (exact) mass is 583 g/mol. The molecule has 1 fully saturated rings. The lowest BCUT2D eigenvalue weighted by Crippen LogP contribution is -2.56. The summed E-state index contributed by atoms with van der Waals surface area (Å²) >= 11 is 13.3. The second-order valence-corrected chi connectivity index (χ2v) is 14.8. The van der Waals surface area contributed by atoms with Gasteiger partial charge in [-0.15, -0.1) is 0 Å². The van der Waals surface area contributed by atoms with Crippen molar-refractivity contribution in [2.24, 2.45) is 0 Å². The van der Waals surface area contributed by atoms with E-state index in [1.165, 1.54) is 37.3 Å². The first kappa shape index (κ1) is 27.9. The minimum Gasteiger partial charge on any atom is -0.395 e. The van der Waals surface area contributed by atoms with Crippen LogP contribution in [0.3, 0.4) is 0 Å². The standard InChI is InChI=1S/C26H27Cl2NO6S2/c1-2-36(32,33)19-10-8-17(9-11-19)21(16-30)25(31)29-26(37(34,35)20-12-13-20)14-22(27)24(23(28)15-26)18-6-4-3-5-7-18/h3-11,14,20-21,30H,2,12-13,15-16H2,1H3,(H,29,31). The Balaban J connectivity index is 1.70. The second-order valence-electron chi connectivity index (χ2n) is 9.15. The van der Waals surface area contributed by atoms with Gasteiger partial charge in [-0.3, -0.25) is 4.79 Å². The van der Waals surface area contributed by atoms with Gasteiger partial charge in [0.25, 0.3) is 0 Å². The number of benzene rings is 2. The molecule has 2 unspecified atom stereocenters. The summed E-state index contributed by atoms with van der Waals surface area (Å²) in [6.07, 6.45) is 2.05. The lowest BCUT2D eigenvalue weighted by atomic mass is 9.94. The number of rotatable bonds is 9. The van der Waals surface area contributed by atoms with Crippen molar-refractivity contribution in [2.45, 2.75) is 47.1 Å². The number of carbonyl (C=O) groups excluding carboxylic acids is 1. The molecule has 2 aromatic rings. The Bertz CT molecular complexity index is 1460. The van der Waals surface area contributed by atoms with E-state index in [1.54, 1.807) is 12.1 Å². The predicted octanol–water partition coefficient (Wildman–Crippen LogP) is 4.12. The molecule has 11 heteroatoms. The average molecular weight is 585 g/mol. The zero-order valence-corrected chi connectivity index (χ0v) is 23.2. The molecule has 2 aliphatic carbocycles. The molecule has 1 saturated carbocycles. The Morgan fingerprint density at radius 2 is 1.68 bits per heavy atom. The molecule has 7 nitrogen and oxygen atoms in total. The number of amides is 1. The van der Waals surface area contributed by atoms with Gasteiger partial charge in [0.15, 0.2) is 24.5 Å². The van der Waals surface area contributed by atoms with Crippen molar-refractivity contribution in [3.8, 4) is 0 Å². The lowest BCUT2D eigenvalue weighted by Gasteiger charge is -2.36. The fraction of sp³-hybridized carbons (Fsp3) is 0.346. The highest BCUT2D eigenvalue weighted by Crippen LogP contribution is 2.47. The first-order valence-electron chi connectivity index (χ1n) is 11.8. The van der Waals surface area contributed by atoms with E-state index in [-0.39, 0.29) is 27.1 Å². The first-order chi connectivity index (χ1) is 17.5. The van der Waals surface area contributed by atoms with Crippen LogP contribution >= 0.6 is 23.2 Å². The normalized spacial score (nSPS) is 21.4. The van der Waals surface area contributed by atoms with Gasteiger partial charge in [-0.2, -0.15) is 0 Å². The van der Waals surface area contributed by atoms with Gasteiger partial charge in [-0.1, -0.05) is 72.6 Å². The maximum atomic E-state index is 13.6. The van der Waals surface area contributed by atoms with Crippen molar-refractivity contribution >= 4 is 54.4 Å². The first-order valence-corrected chi connectivity index (χ1v) is 15.7. The van der Waals surface area contributed by atoms with Crippen molar-refractivity contribution in [1.82, 2.24) is 5.32 Å². The van der Waals surface area contributed by atoms with E-state index < -0.39 is 48.2 Å². The fourth-order valence-corrected chi connectivity index (χ4v) is 8.52. The van der Waals surface area contributed by atoms with Gasteiger partial charge in [-0.25, -0.2) is 16.8 Å². The molecule has 198 valence electrons. The highest BCUT2D eigenvalue weighted by Gasteiger charge is 2.54. The van der Waals surface area contributed by atoms with Gasteiger partial charge >= 0.3 is 0 Å². The molecule has 2 N–H and O–H groups in total. The Labute approximate surface area is 227 Å². The van der Waals surface area contributed by atoms with E-state index in [1.807, 2.05) is 18.2 Å². The zero-order chi connectivity index (χ0) is 27.0. The third kappa shape index (κ3) is 5.38. The summed E-state index contributed by atoms with van der Waals surface area (Å²) in [6.45, 7) is 0.903. The van der Waals surface area contributed by atoms with Crippen LogP contribution in [0, 0.1) is 0 Å². The number of allylic oxidation sites excluding steroid dienone is 2. The number of aliphatic hydroxyl groups is 1. The number of hydrogen-bond acceptors (Lipinski definition) is 6. The van der Waals surface area contributed by atoms with E-state index in [9.17, 15) is 26.7 Å². The SMILES string of the molecule is CCS(=O)(=O)c1ccc(C(CO)C(=O)NC2(S(=O)(=O)C3CC3)C=C(Cl)C(c3ccccc3)=C(Cl)C2)cc1. The molecule has 1 amide bonds. The van der Waals surface area contributed by atoms with Gasteiger partial charge < -0.3 is 10.4 Å². The van der Waals surface area contributed by atoms with Crippen LogP contribution in [0.1, 0.15) is 43.2 Å². The average Bonchev–Trinajstić information content (AvgIpc) is 3.71. The van der Waals surface area contributed by atoms with E-state index in [0.717, 1.165) is 0 Å². The molecular weight excluding hydrogens is 557 g/mol. The fourth-order valence-electron chi connectivity index (χ4n) is 4.40. The molecule has 0 heterocycles. The molecule has 4 rings (SSSR count). The quantitative estimate of drug-likeness (QED) is 0.458. The number of hydrogen-bond donors (Lipinski definition) is 2. The van der Waals surface area contributed by atoms with Crippen LogP contribution < -0.4 is 5.32 Å². The summed E-state index contributed by atoms with van der Waals surface area (Å²) < 4.78 is 51.6. The zero-order valence-electron chi connectivity index (χ0n) is 20.0. The topological polar surface area (TPSA) is 118 Å². The number of halogens is 2.